The fourth-order valence-corrected chi connectivity index (χ4v) is 3.25. The van der Waals surface area contributed by atoms with E-state index in [0.29, 0.717) is 19.6 Å². The average molecular weight is 435 g/mol. The van der Waals surface area contributed by atoms with Crippen molar-refractivity contribution in [1.29, 1.82) is 0 Å². The molecule has 0 atom stereocenters. The van der Waals surface area contributed by atoms with Gasteiger partial charge in [0.05, 0.1) is 45.4 Å². The Bertz CT molecular complexity index is 844. The largest absolute Gasteiger partial charge is 0.550 e. The van der Waals surface area contributed by atoms with Crippen molar-refractivity contribution in [3.8, 4) is 11.1 Å². The third kappa shape index (κ3) is 9.08. The molecule has 1 fully saturated rings. The zero-order valence-electron chi connectivity index (χ0n) is 17.4. The SMILES string of the molecule is CC(=O)[O-].O=C(O)Cc1ccc(-c2ccc(NCC[NH+]3CCC(F)(F)CC3)nc2)cc1. The third-order valence-electron chi connectivity index (χ3n) is 4.88. The topological polar surface area (TPSA) is 107 Å². The second-order valence-electron chi connectivity index (χ2n) is 7.47. The molecule has 1 aliphatic heterocycles. The van der Waals surface area contributed by atoms with Crippen LogP contribution in [0.3, 0.4) is 0 Å². The van der Waals surface area contributed by atoms with E-state index >= 15 is 0 Å². The number of carboxylic acids is 2. The summed E-state index contributed by atoms with van der Waals surface area (Å²) in [6, 6.07) is 11.2. The van der Waals surface area contributed by atoms with Gasteiger partial charge in [0, 0.05) is 17.7 Å². The van der Waals surface area contributed by atoms with E-state index in [0.717, 1.165) is 36.0 Å². The molecule has 31 heavy (non-hydrogen) atoms. The van der Waals surface area contributed by atoms with Gasteiger partial charge in [-0.2, -0.15) is 0 Å². The van der Waals surface area contributed by atoms with Gasteiger partial charge in [0.1, 0.15) is 5.82 Å². The Labute approximate surface area is 179 Å². The van der Waals surface area contributed by atoms with Crippen LogP contribution in [0.25, 0.3) is 11.1 Å². The van der Waals surface area contributed by atoms with E-state index in [-0.39, 0.29) is 19.3 Å². The van der Waals surface area contributed by atoms with Gasteiger partial charge in [0.15, 0.2) is 0 Å². The summed E-state index contributed by atoms with van der Waals surface area (Å²) in [4.78, 5) is 25.2. The number of carboxylic acid groups (broad SMARTS) is 2. The number of halogens is 2. The Kier molecular flexibility index (Phi) is 8.87. The molecule has 1 aromatic carbocycles. The van der Waals surface area contributed by atoms with Gasteiger partial charge < -0.3 is 25.2 Å². The van der Waals surface area contributed by atoms with Gasteiger partial charge in [-0.1, -0.05) is 24.3 Å². The summed E-state index contributed by atoms with van der Waals surface area (Å²) in [6.07, 6.45) is 1.72. The van der Waals surface area contributed by atoms with Crippen molar-refractivity contribution in [3.05, 3.63) is 48.2 Å². The number of quaternary nitrogens is 1. The van der Waals surface area contributed by atoms with Crippen LogP contribution in [-0.2, 0) is 16.0 Å². The van der Waals surface area contributed by atoms with Crippen LogP contribution in [0.5, 0.6) is 0 Å². The normalized spacial score (nSPS) is 15.5. The molecule has 2 heterocycles. The van der Waals surface area contributed by atoms with Gasteiger partial charge in [-0.05, 0) is 30.2 Å². The fourth-order valence-electron chi connectivity index (χ4n) is 3.25. The molecule has 3 N–H and O–H groups in total. The number of aliphatic carboxylic acids is 2. The lowest BCUT2D eigenvalue weighted by molar-refractivity contribution is -0.906. The van der Waals surface area contributed by atoms with E-state index in [4.69, 9.17) is 15.0 Å². The van der Waals surface area contributed by atoms with Crippen LogP contribution in [-0.4, -0.2) is 54.1 Å². The molecule has 0 saturated carbocycles. The number of aromatic nitrogens is 1. The number of carbonyl (C=O) groups is 2. The standard InChI is InChI=1S/C20H23F2N3O2.C2H4O2/c21-20(22)7-10-25(11-8-20)12-9-23-18-6-5-17(14-24-18)16-3-1-15(2-4-16)13-19(26)27;1-2(3)4/h1-6,14H,7-13H2,(H,23,24)(H,26,27);1H3,(H,3,4). The summed E-state index contributed by atoms with van der Waals surface area (Å²) in [5.41, 5.74) is 2.68. The number of hydrogen-bond acceptors (Lipinski definition) is 5. The van der Waals surface area contributed by atoms with Crippen molar-refractivity contribution in [1.82, 2.24) is 4.98 Å². The summed E-state index contributed by atoms with van der Waals surface area (Å²) >= 11 is 0. The minimum absolute atomic E-state index is 0.0119. The molecule has 2 aromatic rings. The molecule has 0 unspecified atom stereocenters. The summed E-state index contributed by atoms with van der Waals surface area (Å²) in [7, 11) is 0. The number of likely N-dealkylation sites (tertiary alicyclic amines) is 1. The van der Waals surface area contributed by atoms with E-state index in [2.05, 4.69) is 10.3 Å². The zero-order valence-corrected chi connectivity index (χ0v) is 17.4. The highest BCUT2D eigenvalue weighted by Crippen LogP contribution is 2.22. The Balaban J connectivity index is 0.000000785. The number of carbonyl (C=O) groups excluding carboxylic acids is 1. The van der Waals surface area contributed by atoms with Gasteiger partial charge in [0.2, 0.25) is 0 Å². The highest BCUT2D eigenvalue weighted by molar-refractivity contribution is 5.71. The fraction of sp³-hybridized carbons (Fsp3) is 0.409. The van der Waals surface area contributed by atoms with Gasteiger partial charge >= 0.3 is 5.97 Å². The van der Waals surface area contributed by atoms with E-state index in [9.17, 15) is 13.6 Å². The molecule has 1 aliphatic rings. The van der Waals surface area contributed by atoms with Crippen LogP contribution in [0.15, 0.2) is 42.6 Å². The smallest absolute Gasteiger partial charge is 0.307 e. The maximum absolute atomic E-state index is 13.2. The molecule has 0 amide bonds. The van der Waals surface area contributed by atoms with E-state index in [1.54, 1.807) is 18.3 Å². The summed E-state index contributed by atoms with van der Waals surface area (Å²) in [6.45, 7) is 3.49. The number of hydrogen-bond donors (Lipinski definition) is 3. The molecule has 0 bridgehead atoms. The van der Waals surface area contributed by atoms with Crippen LogP contribution in [0.4, 0.5) is 14.6 Å². The first-order chi connectivity index (χ1) is 14.6. The van der Waals surface area contributed by atoms with Crippen LogP contribution in [0.1, 0.15) is 25.3 Å². The van der Waals surface area contributed by atoms with Crippen LogP contribution in [0.2, 0.25) is 0 Å². The maximum atomic E-state index is 13.2. The zero-order chi connectivity index (χ0) is 22.9. The Morgan fingerprint density at radius 3 is 2.23 bits per heavy atom. The van der Waals surface area contributed by atoms with Crippen molar-refractivity contribution in [2.24, 2.45) is 0 Å². The molecule has 3 rings (SSSR count). The van der Waals surface area contributed by atoms with Gasteiger partial charge in [-0.25, -0.2) is 13.8 Å². The molecular weight excluding hydrogens is 408 g/mol. The third-order valence-corrected chi connectivity index (χ3v) is 4.88. The molecular formula is C22H27F2N3O4. The van der Waals surface area contributed by atoms with Crippen molar-refractivity contribution in [2.45, 2.75) is 32.1 Å². The molecule has 0 radical (unpaired) electrons. The molecule has 0 spiro atoms. The van der Waals surface area contributed by atoms with E-state index < -0.39 is 17.9 Å². The molecule has 7 nitrogen and oxygen atoms in total. The highest BCUT2D eigenvalue weighted by Gasteiger charge is 2.36. The van der Waals surface area contributed by atoms with Crippen molar-refractivity contribution in [3.63, 3.8) is 0 Å². The average Bonchev–Trinajstić information content (AvgIpc) is 2.70. The minimum Gasteiger partial charge on any atom is -0.550 e. The van der Waals surface area contributed by atoms with E-state index in [1.807, 2.05) is 24.3 Å². The summed E-state index contributed by atoms with van der Waals surface area (Å²) < 4.78 is 26.3. The van der Waals surface area contributed by atoms with Crippen molar-refractivity contribution < 1.29 is 33.5 Å². The highest BCUT2D eigenvalue weighted by atomic mass is 19.3. The first-order valence-electron chi connectivity index (χ1n) is 10.0. The van der Waals surface area contributed by atoms with Gasteiger partial charge in [0.25, 0.3) is 5.92 Å². The summed E-state index contributed by atoms with van der Waals surface area (Å²) in [5.74, 6) is -3.66. The van der Waals surface area contributed by atoms with Crippen molar-refractivity contribution in [2.75, 3.05) is 31.5 Å². The Morgan fingerprint density at radius 1 is 1.13 bits per heavy atom. The second-order valence-corrected chi connectivity index (χ2v) is 7.47. The predicted octanol–water partition coefficient (Wildman–Crippen LogP) is 0.858. The lowest BCUT2D eigenvalue weighted by Gasteiger charge is -2.29. The van der Waals surface area contributed by atoms with Crippen LogP contribution in [0, 0.1) is 0 Å². The number of piperidine rings is 1. The molecule has 0 aliphatic carbocycles. The number of benzene rings is 1. The maximum Gasteiger partial charge on any atom is 0.307 e. The second kappa shape index (κ2) is 11.4. The molecule has 9 heteroatoms. The van der Waals surface area contributed by atoms with E-state index in [1.165, 1.54) is 4.90 Å². The number of rotatable bonds is 7. The number of nitrogens with one attached hydrogen (secondary N) is 2. The lowest BCUT2D eigenvalue weighted by atomic mass is 10.0. The Morgan fingerprint density at radius 2 is 1.71 bits per heavy atom. The van der Waals surface area contributed by atoms with Crippen LogP contribution >= 0.6 is 0 Å². The van der Waals surface area contributed by atoms with Gasteiger partial charge in [-0.15, -0.1) is 0 Å². The number of alkyl halides is 2. The number of nitrogens with zero attached hydrogens (tertiary/aromatic N) is 1. The first kappa shape index (κ1) is 24.2. The molecule has 168 valence electrons. The lowest BCUT2D eigenvalue weighted by Crippen LogP contribution is -3.14. The minimum atomic E-state index is -2.49. The van der Waals surface area contributed by atoms with Crippen LogP contribution < -0.4 is 15.3 Å². The first-order valence-corrected chi connectivity index (χ1v) is 10.0. The monoisotopic (exact) mass is 435 g/mol. The molecule has 1 aromatic heterocycles. The van der Waals surface area contributed by atoms with Gasteiger partial charge in [-0.3, -0.25) is 4.79 Å². The quantitative estimate of drug-likeness (QED) is 0.596. The number of anilines is 1. The summed E-state index contributed by atoms with van der Waals surface area (Å²) in [5, 5.41) is 20.9. The number of pyridine rings is 1. The Hall–Kier alpha value is -3.07. The molecule has 1 saturated heterocycles. The van der Waals surface area contributed by atoms with Crippen molar-refractivity contribution >= 4 is 17.8 Å². The predicted molar refractivity (Wildman–Crippen MR) is 110 cm³/mol.